The lowest BCUT2D eigenvalue weighted by Gasteiger charge is -2.32. The van der Waals surface area contributed by atoms with Crippen LogP contribution in [0.4, 0.5) is 5.95 Å². The van der Waals surface area contributed by atoms with Gasteiger partial charge in [0, 0.05) is 31.4 Å². The van der Waals surface area contributed by atoms with Gasteiger partial charge in [0.05, 0.1) is 22.6 Å². The number of benzene rings is 1. The topological polar surface area (TPSA) is 91.5 Å². The van der Waals surface area contributed by atoms with E-state index < -0.39 is 0 Å². The zero-order valence-electron chi connectivity index (χ0n) is 17.8. The van der Waals surface area contributed by atoms with Crippen LogP contribution in [0.15, 0.2) is 18.5 Å². The third-order valence-electron chi connectivity index (χ3n) is 6.19. The number of aliphatic hydroxyl groups excluding tert-OH is 1. The van der Waals surface area contributed by atoms with Crippen molar-refractivity contribution in [1.29, 1.82) is 5.26 Å². The van der Waals surface area contributed by atoms with E-state index in [0.717, 1.165) is 61.9 Å². The molecule has 1 aromatic heterocycles. The zero-order chi connectivity index (χ0) is 22.5. The molecule has 1 saturated heterocycles. The van der Waals surface area contributed by atoms with E-state index in [2.05, 4.69) is 20.9 Å². The largest absolute Gasteiger partial charge is 0.489 e. The van der Waals surface area contributed by atoms with Crippen LogP contribution in [-0.2, 0) is 11.2 Å². The lowest BCUT2D eigenvalue weighted by atomic mass is 9.79. The van der Waals surface area contributed by atoms with Crippen molar-refractivity contribution in [2.75, 3.05) is 37.3 Å². The molecule has 0 saturated carbocycles. The van der Waals surface area contributed by atoms with Gasteiger partial charge in [-0.1, -0.05) is 11.6 Å². The molecule has 0 amide bonds. The van der Waals surface area contributed by atoms with Crippen LogP contribution in [0.25, 0.3) is 0 Å². The Kier molecular flexibility index (Phi) is 7.69. The second-order valence-corrected chi connectivity index (χ2v) is 8.78. The van der Waals surface area contributed by atoms with Gasteiger partial charge in [-0.05, 0) is 54.9 Å². The molecule has 1 fully saturated rings. The molecule has 1 aliphatic carbocycles. The Bertz CT molecular complexity index is 973. The first-order chi connectivity index (χ1) is 15.7. The van der Waals surface area contributed by atoms with E-state index in [4.69, 9.17) is 37.8 Å². The maximum Gasteiger partial charge on any atom is 0.225 e. The average molecular weight is 477 g/mol. The Labute approximate surface area is 197 Å². The third kappa shape index (κ3) is 4.79. The predicted molar refractivity (Wildman–Crippen MR) is 123 cm³/mol. The van der Waals surface area contributed by atoms with Crippen molar-refractivity contribution >= 4 is 29.2 Å². The van der Waals surface area contributed by atoms with Crippen molar-refractivity contribution in [3.63, 3.8) is 0 Å². The average Bonchev–Trinajstić information content (AvgIpc) is 2.84. The fourth-order valence-electron chi connectivity index (χ4n) is 4.61. The molecule has 1 atom stereocenters. The quantitative estimate of drug-likeness (QED) is 0.476. The molecule has 1 aromatic carbocycles. The summed E-state index contributed by atoms with van der Waals surface area (Å²) in [5.41, 5.74) is 3.52. The second-order valence-electron chi connectivity index (χ2n) is 8.03. The van der Waals surface area contributed by atoms with Crippen LogP contribution in [0.1, 0.15) is 53.9 Å². The van der Waals surface area contributed by atoms with Gasteiger partial charge in [-0.3, -0.25) is 0 Å². The van der Waals surface area contributed by atoms with Crippen LogP contribution >= 0.6 is 23.2 Å². The first-order valence-electron chi connectivity index (χ1n) is 10.9. The zero-order valence-corrected chi connectivity index (χ0v) is 19.3. The number of piperidine rings is 1. The van der Waals surface area contributed by atoms with Crippen molar-refractivity contribution in [2.24, 2.45) is 0 Å². The van der Waals surface area contributed by atoms with E-state index in [0.29, 0.717) is 34.8 Å². The number of hydrogen-bond acceptors (Lipinski definition) is 7. The first-order valence-corrected chi connectivity index (χ1v) is 11.8. The molecule has 32 heavy (non-hydrogen) atoms. The normalized spacial score (nSPS) is 18.8. The summed E-state index contributed by atoms with van der Waals surface area (Å²) in [5.74, 6) is 1.54. The highest BCUT2D eigenvalue weighted by Crippen LogP contribution is 2.44. The number of nitriles is 1. The summed E-state index contributed by atoms with van der Waals surface area (Å²) in [6, 6.07) is 4.11. The molecule has 1 N–H and O–H groups in total. The lowest BCUT2D eigenvalue weighted by Crippen LogP contribution is -2.38. The smallest absolute Gasteiger partial charge is 0.225 e. The maximum absolute atomic E-state index is 9.66. The molecule has 7 nitrogen and oxygen atoms in total. The number of hydrogen-bond donors (Lipinski definition) is 1. The number of aromatic nitrogens is 2. The van der Waals surface area contributed by atoms with E-state index in [1.165, 1.54) is 0 Å². The molecule has 0 spiro atoms. The van der Waals surface area contributed by atoms with Gasteiger partial charge < -0.3 is 19.5 Å². The second kappa shape index (κ2) is 10.7. The Morgan fingerprint density at radius 1 is 1.22 bits per heavy atom. The molecule has 2 heterocycles. The summed E-state index contributed by atoms with van der Waals surface area (Å²) >= 11 is 12.4. The number of ether oxygens (including phenoxy) is 2. The Morgan fingerprint density at radius 3 is 2.62 bits per heavy atom. The summed E-state index contributed by atoms with van der Waals surface area (Å²) in [7, 11) is 0. The van der Waals surface area contributed by atoms with Crippen molar-refractivity contribution in [2.45, 2.75) is 44.1 Å². The van der Waals surface area contributed by atoms with E-state index in [-0.39, 0.29) is 18.8 Å². The summed E-state index contributed by atoms with van der Waals surface area (Å²) in [4.78, 5) is 11.4. The maximum atomic E-state index is 9.66. The van der Waals surface area contributed by atoms with Crippen LogP contribution in [-0.4, -0.2) is 53.5 Å². The van der Waals surface area contributed by atoms with E-state index >= 15 is 0 Å². The van der Waals surface area contributed by atoms with Crippen molar-refractivity contribution in [3.8, 4) is 11.8 Å². The molecule has 9 heteroatoms. The minimum atomic E-state index is -0.239. The number of alkyl halides is 1. The molecule has 2 aliphatic rings. The molecule has 1 unspecified atom stereocenters. The minimum absolute atomic E-state index is 0.0863. The number of fused-ring (bicyclic) bond motifs is 1. The van der Waals surface area contributed by atoms with Gasteiger partial charge in [0.15, 0.2) is 5.75 Å². The molecule has 2 aromatic rings. The highest BCUT2D eigenvalue weighted by molar-refractivity contribution is 6.33. The number of nitrogens with zero attached hydrogens (tertiary/aromatic N) is 4. The molecule has 0 radical (unpaired) electrons. The fourth-order valence-corrected chi connectivity index (χ4v) is 5.04. The molecule has 0 bridgehead atoms. The summed E-state index contributed by atoms with van der Waals surface area (Å²) in [6.07, 6.45) is 8.31. The van der Waals surface area contributed by atoms with Crippen molar-refractivity contribution < 1.29 is 14.6 Å². The van der Waals surface area contributed by atoms with E-state index in [9.17, 15) is 5.26 Å². The molecule has 1 aliphatic heterocycles. The predicted octanol–water partition coefficient (Wildman–Crippen LogP) is 4.02. The number of anilines is 1. The van der Waals surface area contributed by atoms with Gasteiger partial charge in [-0.25, -0.2) is 9.97 Å². The van der Waals surface area contributed by atoms with Gasteiger partial charge >= 0.3 is 0 Å². The van der Waals surface area contributed by atoms with Crippen molar-refractivity contribution in [1.82, 2.24) is 9.97 Å². The first kappa shape index (κ1) is 23.1. The van der Waals surface area contributed by atoms with E-state index in [1.54, 1.807) is 0 Å². The molecular formula is C23H26Cl2N4O3. The molecule has 4 rings (SSSR count). The SMILES string of the molecule is N#Cc1cc2c(c(Cl)c1OCCCl)CCCC2c1cnc(N2CCC(OCO)CC2)nc1. The number of halogens is 2. The standard InChI is InChI=1S/C23H26Cl2N4O3/c24-6-9-31-22-15(11-26)10-20-18(2-1-3-19(20)21(22)25)16-12-27-23(28-13-16)29-7-4-17(5-8-29)32-14-30/h10,12-13,17-18,30H,1-9,14H2. The van der Waals surface area contributed by atoms with Crippen LogP contribution in [0.5, 0.6) is 5.75 Å². The van der Waals surface area contributed by atoms with Gasteiger partial charge in [-0.15, -0.1) is 11.6 Å². The summed E-state index contributed by atoms with van der Waals surface area (Å²) < 4.78 is 11.0. The third-order valence-corrected chi connectivity index (χ3v) is 6.75. The van der Waals surface area contributed by atoms with Crippen LogP contribution in [0.3, 0.4) is 0 Å². The minimum Gasteiger partial charge on any atom is -0.489 e. The number of rotatable bonds is 7. The highest BCUT2D eigenvalue weighted by atomic mass is 35.5. The molecule has 170 valence electrons. The lowest BCUT2D eigenvalue weighted by molar-refractivity contribution is -0.0578. The summed E-state index contributed by atoms with van der Waals surface area (Å²) in [6.45, 7) is 1.65. The summed E-state index contributed by atoms with van der Waals surface area (Å²) in [5, 5.41) is 19.1. The van der Waals surface area contributed by atoms with Gasteiger partial charge in [0.2, 0.25) is 5.95 Å². The highest BCUT2D eigenvalue weighted by Gasteiger charge is 2.28. The van der Waals surface area contributed by atoms with Gasteiger partial charge in [0.1, 0.15) is 19.5 Å². The Hall–Kier alpha value is -2.11. The van der Waals surface area contributed by atoms with Crippen molar-refractivity contribution in [3.05, 3.63) is 45.7 Å². The Morgan fingerprint density at radius 2 is 1.97 bits per heavy atom. The van der Waals surface area contributed by atoms with Gasteiger partial charge in [-0.2, -0.15) is 5.26 Å². The van der Waals surface area contributed by atoms with Crippen LogP contribution < -0.4 is 9.64 Å². The van der Waals surface area contributed by atoms with Crippen LogP contribution in [0, 0.1) is 11.3 Å². The monoisotopic (exact) mass is 476 g/mol. The molecular weight excluding hydrogens is 451 g/mol. The Balaban J connectivity index is 1.56. The van der Waals surface area contributed by atoms with Gasteiger partial charge in [0.25, 0.3) is 0 Å². The fraction of sp³-hybridized carbons (Fsp3) is 0.522. The van der Waals surface area contributed by atoms with E-state index in [1.807, 2.05) is 18.5 Å². The van der Waals surface area contributed by atoms with Crippen LogP contribution in [0.2, 0.25) is 5.02 Å². The number of aliphatic hydroxyl groups is 1.